The second-order valence-electron chi connectivity index (χ2n) is 1.76. The molecule has 0 saturated heterocycles. The molecule has 1 aliphatic rings. The summed E-state index contributed by atoms with van der Waals surface area (Å²) in [5.74, 6) is 0.0556. The molecule has 1 fully saturated rings. The number of alkyl halides is 1. The molecule has 0 heterocycles. The van der Waals surface area contributed by atoms with Gasteiger partial charge in [0.25, 0.3) is 0 Å². The molecule has 0 aromatic heterocycles. The number of halogens is 1. The first-order valence-electron chi connectivity index (χ1n) is 2.15. The van der Waals surface area contributed by atoms with Crippen molar-refractivity contribution < 1.29 is 4.79 Å². The van der Waals surface area contributed by atoms with E-state index in [0.29, 0.717) is 3.92 Å². The molecule has 0 aromatic carbocycles. The molecule has 2 atom stereocenters. The molecule has 0 aliphatic heterocycles. The fourth-order valence-electron chi connectivity index (χ4n) is 0.458. The van der Waals surface area contributed by atoms with E-state index in [1.54, 1.807) is 0 Å². The number of carbonyl (C=O) groups is 1. The maximum absolute atomic E-state index is 10.2. The van der Waals surface area contributed by atoms with Gasteiger partial charge < -0.3 is 5.73 Å². The SMILES string of the molecule is NC(=O)C1CC1I. The summed E-state index contributed by atoms with van der Waals surface area (Å²) in [4.78, 5) is 10.2. The van der Waals surface area contributed by atoms with E-state index in [1.807, 2.05) is 0 Å². The Bertz CT molecular complexity index is 104. The predicted octanol–water partition coefficient (Wildman–Crippen LogP) is 0.295. The van der Waals surface area contributed by atoms with Crippen molar-refractivity contribution in [3.63, 3.8) is 0 Å². The molecule has 1 rings (SSSR count). The summed E-state index contributed by atoms with van der Waals surface area (Å²) < 4.78 is 0.537. The topological polar surface area (TPSA) is 43.1 Å². The van der Waals surface area contributed by atoms with Gasteiger partial charge in [-0.1, -0.05) is 22.6 Å². The number of carbonyl (C=O) groups excluding carboxylic acids is 1. The van der Waals surface area contributed by atoms with Crippen LogP contribution in [0.5, 0.6) is 0 Å². The van der Waals surface area contributed by atoms with Crippen LogP contribution in [0.25, 0.3) is 0 Å². The third-order valence-corrected chi connectivity index (χ3v) is 2.45. The third kappa shape index (κ3) is 1.05. The predicted molar refractivity (Wildman–Crippen MR) is 35.1 cm³/mol. The van der Waals surface area contributed by atoms with E-state index in [2.05, 4.69) is 22.6 Å². The van der Waals surface area contributed by atoms with Crippen LogP contribution in [0.15, 0.2) is 0 Å². The zero-order valence-corrected chi connectivity index (χ0v) is 5.88. The highest BCUT2D eigenvalue weighted by molar-refractivity contribution is 14.1. The smallest absolute Gasteiger partial charge is 0.221 e. The van der Waals surface area contributed by atoms with Crippen molar-refractivity contribution in [1.29, 1.82) is 0 Å². The highest BCUT2D eigenvalue weighted by atomic mass is 127. The summed E-state index contributed by atoms with van der Waals surface area (Å²) in [5.41, 5.74) is 4.94. The molecule has 2 unspecified atom stereocenters. The number of hydrogen-bond donors (Lipinski definition) is 1. The normalized spacial score (nSPS) is 37.9. The van der Waals surface area contributed by atoms with Crippen LogP contribution in [0.3, 0.4) is 0 Å². The van der Waals surface area contributed by atoms with Crippen LogP contribution in [-0.2, 0) is 4.79 Å². The van der Waals surface area contributed by atoms with E-state index in [9.17, 15) is 4.79 Å². The molecule has 0 aromatic rings. The summed E-state index contributed by atoms with van der Waals surface area (Å²) in [5, 5.41) is 0. The van der Waals surface area contributed by atoms with Crippen LogP contribution in [-0.4, -0.2) is 9.83 Å². The molecule has 1 amide bonds. The lowest BCUT2D eigenvalue weighted by Gasteiger charge is -1.80. The Hall–Kier alpha value is 0.200. The number of nitrogens with two attached hydrogens (primary N) is 1. The zero-order valence-electron chi connectivity index (χ0n) is 3.73. The van der Waals surface area contributed by atoms with Crippen molar-refractivity contribution in [1.82, 2.24) is 0 Å². The second-order valence-corrected chi connectivity index (χ2v) is 3.36. The number of amides is 1. The minimum atomic E-state index is -0.139. The number of hydrogen-bond acceptors (Lipinski definition) is 1. The van der Waals surface area contributed by atoms with E-state index in [-0.39, 0.29) is 11.8 Å². The Balaban J connectivity index is 2.33. The standard InChI is InChI=1S/C4H6INO/c5-3-1-2(3)4(6)7/h2-3H,1H2,(H2,6,7). The monoisotopic (exact) mass is 211 g/mol. The maximum Gasteiger partial charge on any atom is 0.221 e. The van der Waals surface area contributed by atoms with Gasteiger partial charge in [-0.25, -0.2) is 0 Å². The summed E-state index contributed by atoms with van der Waals surface area (Å²) in [6, 6.07) is 0. The summed E-state index contributed by atoms with van der Waals surface area (Å²) in [6.07, 6.45) is 0.996. The molecular formula is C4H6INO. The van der Waals surface area contributed by atoms with Crippen molar-refractivity contribution in [3.8, 4) is 0 Å². The van der Waals surface area contributed by atoms with Crippen LogP contribution >= 0.6 is 22.6 Å². The van der Waals surface area contributed by atoms with Gasteiger partial charge in [-0.2, -0.15) is 0 Å². The fourth-order valence-corrected chi connectivity index (χ4v) is 1.36. The lowest BCUT2D eigenvalue weighted by molar-refractivity contribution is -0.119. The first-order valence-corrected chi connectivity index (χ1v) is 3.40. The molecule has 3 heteroatoms. The van der Waals surface area contributed by atoms with Crippen molar-refractivity contribution in [2.75, 3.05) is 0 Å². The van der Waals surface area contributed by atoms with Gasteiger partial charge in [-0.15, -0.1) is 0 Å². The lowest BCUT2D eigenvalue weighted by Crippen LogP contribution is -2.13. The molecule has 0 radical (unpaired) electrons. The molecule has 0 spiro atoms. The molecule has 0 bridgehead atoms. The van der Waals surface area contributed by atoms with Crippen molar-refractivity contribution in [3.05, 3.63) is 0 Å². The Morgan fingerprint density at radius 2 is 2.29 bits per heavy atom. The lowest BCUT2D eigenvalue weighted by atomic mass is 10.4. The number of primary amides is 1. The van der Waals surface area contributed by atoms with Crippen molar-refractivity contribution >= 4 is 28.5 Å². The van der Waals surface area contributed by atoms with Crippen LogP contribution in [0, 0.1) is 5.92 Å². The van der Waals surface area contributed by atoms with Gasteiger partial charge >= 0.3 is 0 Å². The van der Waals surface area contributed by atoms with Crippen LogP contribution in [0.2, 0.25) is 0 Å². The van der Waals surface area contributed by atoms with Gasteiger partial charge in [0, 0.05) is 3.92 Å². The molecule has 2 nitrogen and oxygen atoms in total. The molecule has 40 valence electrons. The first kappa shape index (κ1) is 5.34. The highest BCUT2D eigenvalue weighted by Crippen LogP contribution is 2.37. The van der Waals surface area contributed by atoms with Gasteiger partial charge in [0.1, 0.15) is 0 Å². The molecule has 2 N–H and O–H groups in total. The summed E-state index contributed by atoms with van der Waals surface area (Å²) in [7, 11) is 0. The van der Waals surface area contributed by atoms with Crippen molar-refractivity contribution in [2.45, 2.75) is 10.3 Å². The van der Waals surface area contributed by atoms with Crippen LogP contribution in [0.4, 0.5) is 0 Å². The zero-order chi connectivity index (χ0) is 5.44. The Labute approximate surface area is 55.6 Å². The average molecular weight is 211 g/mol. The Morgan fingerprint density at radius 3 is 2.29 bits per heavy atom. The Morgan fingerprint density at radius 1 is 1.86 bits per heavy atom. The maximum atomic E-state index is 10.2. The molecule has 1 aliphatic carbocycles. The van der Waals surface area contributed by atoms with E-state index in [0.717, 1.165) is 6.42 Å². The highest BCUT2D eigenvalue weighted by Gasteiger charge is 2.39. The average Bonchev–Trinajstić information content (AvgIpc) is 2.17. The molecule has 7 heavy (non-hydrogen) atoms. The minimum Gasteiger partial charge on any atom is -0.369 e. The van der Waals surface area contributed by atoms with Gasteiger partial charge in [0.05, 0.1) is 5.92 Å². The first-order chi connectivity index (χ1) is 3.22. The summed E-state index contributed by atoms with van der Waals surface area (Å²) in [6.45, 7) is 0. The quantitative estimate of drug-likeness (QED) is 0.491. The second kappa shape index (κ2) is 1.61. The molecule has 1 saturated carbocycles. The Kier molecular flexibility index (Phi) is 1.23. The third-order valence-electron chi connectivity index (χ3n) is 1.08. The summed E-state index contributed by atoms with van der Waals surface area (Å²) >= 11 is 2.23. The van der Waals surface area contributed by atoms with Gasteiger partial charge in [0.2, 0.25) is 5.91 Å². The van der Waals surface area contributed by atoms with Crippen LogP contribution < -0.4 is 5.73 Å². The fraction of sp³-hybridized carbons (Fsp3) is 0.750. The van der Waals surface area contributed by atoms with E-state index in [4.69, 9.17) is 5.73 Å². The van der Waals surface area contributed by atoms with E-state index >= 15 is 0 Å². The van der Waals surface area contributed by atoms with E-state index in [1.165, 1.54) is 0 Å². The van der Waals surface area contributed by atoms with Gasteiger partial charge in [-0.3, -0.25) is 4.79 Å². The van der Waals surface area contributed by atoms with Gasteiger partial charge in [-0.05, 0) is 6.42 Å². The van der Waals surface area contributed by atoms with Gasteiger partial charge in [0.15, 0.2) is 0 Å². The number of rotatable bonds is 1. The largest absolute Gasteiger partial charge is 0.369 e. The minimum absolute atomic E-state index is 0.139. The van der Waals surface area contributed by atoms with Crippen LogP contribution in [0.1, 0.15) is 6.42 Å². The van der Waals surface area contributed by atoms with Crippen molar-refractivity contribution in [2.24, 2.45) is 11.7 Å². The molecular weight excluding hydrogens is 205 g/mol. The van der Waals surface area contributed by atoms with E-state index < -0.39 is 0 Å².